The van der Waals surface area contributed by atoms with Crippen LogP contribution >= 0.6 is 0 Å². The van der Waals surface area contributed by atoms with Crippen molar-refractivity contribution in [1.82, 2.24) is 19.5 Å². The van der Waals surface area contributed by atoms with E-state index >= 15 is 0 Å². The van der Waals surface area contributed by atoms with Gasteiger partial charge in [-0.3, -0.25) is 4.57 Å². The van der Waals surface area contributed by atoms with E-state index in [2.05, 4.69) is 25.0 Å². The topological polar surface area (TPSA) is 146 Å². The molecule has 2 aliphatic heterocycles. The fraction of sp³-hybridized carbons (Fsp3) is 0.667. The molecule has 4 heterocycles. The maximum atomic E-state index is 8.67. The lowest BCUT2D eigenvalue weighted by Crippen LogP contribution is -2.55. The van der Waals surface area contributed by atoms with Crippen molar-refractivity contribution in [2.45, 2.75) is 62.6 Å². The van der Waals surface area contributed by atoms with Gasteiger partial charge >= 0.3 is 0 Å². The summed E-state index contributed by atoms with van der Waals surface area (Å²) in [5.74, 6) is -0.410. The van der Waals surface area contributed by atoms with Crippen molar-refractivity contribution in [2.75, 3.05) is 5.73 Å². The van der Waals surface area contributed by atoms with Crippen molar-refractivity contribution in [3.05, 3.63) is 23.1 Å². The number of ether oxygens (including phenoxy) is 3. The van der Waals surface area contributed by atoms with E-state index < -0.39 is 17.6 Å². The van der Waals surface area contributed by atoms with Crippen LogP contribution in [0, 0.1) is 0 Å². The smallest absolute Gasteiger partial charge is 0.167 e. The molecule has 2 aromatic heterocycles. The molecule has 1 aliphatic carbocycles. The molecule has 0 bridgehead atoms. The van der Waals surface area contributed by atoms with Gasteiger partial charge in [-0.1, -0.05) is 5.11 Å². The van der Waals surface area contributed by atoms with E-state index in [1.165, 1.54) is 6.33 Å². The van der Waals surface area contributed by atoms with Gasteiger partial charge in [0.1, 0.15) is 29.7 Å². The van der Waals surface area contributed by atoms with Gasteiger partial charge in [0.05, 0.1) is 6.33 Å². The van der Waals surface area contributed by atoms with Gasteiger partial charge in [0.2, 0.25) is 0 Å². The van der Waals surface area contributed by atoms with Gasteiger partial charge in [-0.15, -0.1) is 0 Å². The van der Waals surface area contributed by atoms with Gasteiger partial charge in [-0.2, -0.15) is 0 Å². The Morgan fingerprint density at radius 1 is 1.27 bits per heavy atom. The normalized spacial score (nSPS) is 37.5. The number of hydrogen-bond donors (Lipinski definition) is 1. The van der Waals surface area contributed by atoms with Crippen LogP contribution < -0.4 is 5.73 Å². The third kappa shape index (κ3) is 2.05. The lowest BCUT2D eigenvalue weighted by molar-refractivity contribution is -0.238. The molecular formula is C15H18N8O3. The Kier molecular flexibility index (Phi) is 3.06. The maximum Gasteiger partial charge on any atom is 0.167 e. The fourth-order valence-electron chi connectivity index (χ4n) is 4.27. The second-order valence-corrected chi connectivity index (χ2v) is 7.44. The molecule has 136 valence electrons. The van der Waals surface area contributed by atoms with E-state index in [1.54, 1.807) is 6.33 Å². The van der Waals surface area contributed by atoms with E-state index in [4.69, 9.17) is 25.5 Å². The summed E-state index contributed by atoms with van der Waals surface area (Å²) in [7, 11) is 0. The number of aromatic nitrogens is 4. The van der Waals surface area contributed by atoms with Crippen LogP contribution in [0.5, 0.6) is 0 Å². The highest BCUT2D eigenvalue weighted by atomic mass is 16.8. The van der Waals surface area contributed by atoms with Gasteiger partial charge < -0.3 is 19.9 Å². The van der Waals surface area contributed by atoms with Crippen molar-refractivity contribution in [1.29, 1.82) is 0 Å². The second kappa shape index (κ2) is 5.04. The minimum absolute atomic E-state index is 0.0933. The highest BCUT2D eigenvalue weighted by Gasteiger charge is 2.67. The molecule has 3 aliphatic rings. The van der Waals surface area contributed by atoms with Gasteiger partial charge in [0.15, 0.2) is 23.5 Å². The first-order valence-electron chi connectivity index (χ1n) is 8.43. The first kappa shape index (κ1) is 15.8. The lowest BCUT2D eigenvalue weighted by Gasteiger charge is -2.45. The van der Waals surface area contributed by atoms with Crippen molar-refractivity contribution < 1.29 is 14.2 Å². The SMILES string of the molecule is CC1(C)O[C@H]2[C@H](n3cnc4c(N)ncnc43)OC3(CC(N=[N+]=[N-])C3)[C@H]2O1. The molecule has 26 heavy (non-hydrogen) atoms. The van der Waals surface area contributed by atoms with Crippen LogP contribution in [0.1, 0.15) is 32.9 Å². The number of nitrogens with two attached hydrogens (primary N) is 1. The average molecular weight is 358 g/mol. The molecule has 0 aromatic carbocycles. The molecular weight excluding hydrogens is 340 g/mol. The van der Waals surface area contributed by atoms with E-state index in [9.17, 15) is 0 Å². The average Bonchev–Trinajstić information content (AvgIpc) is 3.18. The van der Waals surface area contributed by atoms with E-state index in [1.807, 2.05) is 18.4 Å². The lowest BCUT2D eigenvalue weighted by atomic mass is 9.72. The summed E-state index contributed by atoms with van der Waals surface area (Å²) in [6.07, 6.45) is 3.17. The number of nitrogen functional groups attached to an aromatic ring is 1. The molecule has 0 amide bonds. The predicted octanol–water partition coefficient (Wildman–Crippen LogP) is 1.67. The predicted molar refractivity (Wildman–Crippen MR) is 88.6 cm³/mol. The number of hydrogen-bond acceptors (Lipinski definition) is 8. The Hall–Kier alpha value is -2.46. The highest BCUT2D eigenvalue weighted by molar-refractivity contribution is 5.81. The van der Waals surface area contributed by atoms with Crippen LogP contribution in [-0.2, 0) is 14.2 Å². The van der Waals surface area contributed by atoms with Gasteiger partial charge in [0.25, 0.3) is 0 Å². The maximum absolute atomic E-state index is 8.67. The third-order valence-electron chi connectivity index (χ3n) is 5.32. The summed E-state index contributed by atoms with van der Waals surface area (Å²) < 4.78 is 20.5. The van der Waals surface area contributed by atoms with Gasteiger partial charge in [-0.05, 0) is 32.2 Å². The number of fused-ring (bicyclic) bond motifs is 3. The van der Waals surface area contributed by atoms with Crippen molar-refractivity contribution in [3.8, 4) is 0 Å². The minimum Gasteiger partial charge on any atom is -0.382 e. The van der Waals surface area contributed by atoms with Crippen LogP contribution in [0.4, 0.5) is 5.82 Å². The summed E-state index contributed by atoms with van der Waals surface area (Å²) in [6, 6.07) is -0.0933. The van der Waals surface area contributed by atoms with E-state index in [0.29, 0.717) is 29.8 Å². The Morgan fingerprint density at radius 2 is 2.08 bits per heavy atom. The monoisotopic (exact) mass is 358 g/mol. The Morgan fingerprint density at radius 3 is 2.85 bits per heavy atom. The Balaban J connectivity index is 1.55. The van der Waals surface area contributed by atoms with Crippen molar-refractivity contribution in [3.63, 3.8) is 0 Å². The largest absolute Gasteiger partial charge is 0.382 e. The molecule has 2 N–H and O–H groups in total. The number of imidazole rings is 1. The van der Waals surface area contributed by atoms with Crippen LogP contribution in [0.25, 0.3) is 21.6 Å². The van der Waals surface area contributed by atoms with Gasteiger partial charge in [0, 0.05) is 11.0 Å². The first-order valence-corrected chi connectivity index (χ1v) is 8.43. The summed E-state index contributed by atoms with van der Waals surface area (Å²) in [5.41, 5.74) is 15.1. The van der Waals surface area contributed by atoms with E-state index in [0.717, 1.165) is 0 Å². The molecule has 2 saturated heterocycles. The second-order valence-electron chi connectivity index (χ2n) is 7.44. The van der Waals surface area contributed by atoms with Crippen LogP contribution in [0.3, 0.4) is 0 Å². The molecule has 0 unspecified atom stereocenters. The molecule has 3 fully saturated rings. The third-order valence-corrected chi connectivity index (χ3v) is 5.32. The highest BCUT2D eigenvalue weighted by Crippen LogP contribution is 2.56. The summed E-state index contributed by atoms with van der Waals surface area (Å²) in [6.45, 7) is 3.76. The van der Waals surface area contributed by atoms with Crippen LogP contribution in [-0.4, -0.2) is 49.2 Å². The van der Waals surface area contributed by atoms with Crippen molar-refractivity contribution in [2.24, 2.45) is 5.11 Å². The zero-order chi connectivity index (χ0) is 18.1. The summed E-state index contributed by atoms with van der Waals surface area (Å²) >= 11 is 0. The Bertz CT molecular complexity index is 930. The molecule has 2 aromatic rings. The fourth-order valence-corrected chi connectivity index (χ4v) is 4.27. The minimum atomic E-state index is -0.724. The van der Waals surface area contributed by atoms with Crippen molar-refractivity contribution >= 4 is 17.0 Å². The Labute approximate surface area is 148 Å². The standard InChI is InChI=1S/C15H18N8O3/c1-14(2)24-9-10(25-14)15(3-7(4-15)21-22-17)26-13(9)23-6-20-8-11(16)18-5-19-12(8)23/h5-7,9-10,13H,3-4H2,1-2H3,(H2,16,18,19)/t7?,9-,10+,13-,15?/m1/s1. The molecule has 0 radical (unpaired) electrons. The molecule has 5 rings (SSSR count). The number of azide groups is 1. The molecule has 1 saturated carbocycles. The molecule has 3 atom stereocenters. The van der Waals surface area contributed by atoms with Gasteiger partial charge in [-0.25, -0.2) is 15.0 Å². The molecule has 11 heteroatoms. The molecule has 1 spiro atoms. The number of nitrogens with zero attached hydrogens (tertiary/aromatic N) is 7. The molecule has 11 nitrogen and oxygen atoms in total. The number of anilines is 1. The zero-order valence-corrected chi connectivity index (χ0v) is 14.3. The van der Waals surface area contributed by atoms with E-state index in [-0.39, 0.29) is 18.2 Å². The first-order chi connectivity index (χ1) is 12.4. The van der Waals surface area contributed by atoms with Crippen LogP contribution in [0.2, 0.25) is 0 Å². The number of rotatable bonds is 2. The quantitative estimate of drug-likeness (QED) is 0.488. The van der Waals surface area contributed by atoms with Crippen LogP contribution in [0.15, 0.2) is 17.8 Å². The summed E-state index contributed by atoms with van der Waals surface area (Å²) in [4.78, 5) is 15.5. The zero-order valence-electron chi connectivity index (χ0n) is 14.3. The summed E-state index contributed by atoms with van der Waals surface area (Å²) in [5, 5.41) is 3.80.